The molecule has 0 spiro atoms. The number of ketones is 1. The van der Waals surface area contributed by atoms with Gasteiger partial charge in [-0.3, -0.25) is 9.63 Å². The van der Waals surface area contributed by atoms with E-state index in [0.717, 1.165) is 13.1 Å². The number of rotatable bonds is 4. The lowest BCUT2D eigenvalue weighted by Gasteiger charge is -2.10. The zero-order valence-corrected chi connectivity index (χ0v) is 8.75. The highest BCUT2D eigenvalue weighted by molar-refractivity contribution is 5.80. The average molecular weight is 185 g/mol. The smallest absolute Gasteiger partial charge is 0.135 e. The summed E-state index contributed by atoms with van der Waals surface area (Å²) in [5.41, 5.74) is 0. The van der Waals surface area contributed by atoms with Crippen LogP contribution in [-0.2, 0) is 9.63 Å². The molecule has 1 heterocycles. The molecule has 13 heavy (non-hydrogen) atoms. The van der Waals surface area contributed by atoms with Crippen LogP contribution in [0, 0.1) is 11.8 Å². The van der Waals surface area contributed by atoms with E-state index in [1.54, 1.807) is 0 Å². The predicted molar refractivity (Wildman–Crippen MR) is 51.2 cm³/mol. The lowest BCUT2D eigenvalue weighted by molar-refractivity contribution is -0.122. The fourth-order valence-electron chi connectivity index (χ4n) is 1.47. The molecule has 1 fully saturated rings. The van der Waals surface area contributed by atoms with Crippen LogP contribution in [0.5, 0.6) is 0 Å². The Morgan fingerprint density at radius 2 is 2.31 bits per heavy atom. The molecule has 1 saturated heterocycles. The van der Waals surface area contributed by atoms with Crippen molar-refractivity contribution in [2.24, 2.45) is 11.8 Å². The Morgan fingerprint density at radius 1 is 1.62 bits per heavy atom. The van der Waals surface area contributed by atoms with Gasteiger partial charge in [0.15, 0.2) is 0 Å². The van der Waals surface area contributed by atoms with E-state index in [4.69, 9.17) is 4.84 Å². The summed E-state index contributed by atoms with van der Waals surface area (Å²) in [6.07, 6.45) is 0.675. The maximum atomic E-state index is 11.4. The number of Topliss-reactive ketones (excluding diaryl/α,β-unsaturated/α-hetero) is 1. The second-order valence-corrected chi connectivity index (χ2v) is 3.97. The Bertz CT molecular complexity index is 180. The summed E-state index contributed by atoms with van der Waals surface area (Å²) in [6.45, 7) is 8.51. The molecule has 1 aliphatic heterocycles. The fourth-order valence-corrected chi connectivity index (χ4v) is 1.47. The first-order valence-corrected chi connectivity index (χ1v) is 5.04. The zero-order chi connectivity index (χ0) is 9.84. The summed E-state index contributed by atoms with van der Waals surface area (Å²) < 4.78 is 0. The number of hydrogen-bond donors (Lipinski definition) is 0. The second-order valence-electron chi connectivity index (χ2n) is 3.97. The molecule has 1 rings (SSSR count). The molecule has 0 saturated carbocycles. The molecular weight excluding hydrogens is 166 g/mol. The average Bonchev–Trinajstić information content (AvgIpc) is 2.52. The molecule has 3 nitrogen and oxygen atoms in total. The van der Waals surface area contributed by atoms with E-state index in [-0.39, 0.29) is 5.92 Å². The van der Waals surface area contributed by atoms with Crippen molar-refractivity contribution in [3.05, 3.63) is 0 Å². The number of carbonyl (C=O) groups excluding carboxylic acids is 1. The lowest BCUT2D eigenvalue weighted by atomic mass is 9.97. The van der Waals surface area contributed by atoms with Crippen LogP contribution in [0.1, 0.15) is 27.2 Å². The van der Waals surface area contributed by atoms with Crippen molar-refractivity contribution in [2.75, 3.05) is 19.7 Å². The third-order valence-electron chi connectivity index (χ3n) is 2.44. The summed E-state index contributed by atoms with van der Waals surface area (Å²) in [7, 11) is 0. The quantitative estimate of drug-likeness (QED) is 0.664. The van der Waals surface area contributed by atoms with Crippen LogP contribution >= 0.6 is 0 Å². The van der Waals surface area contributed by atoms with Crippen molar-refractivity contribution < 1.29 is 9.63 Å². The standard InChI is InChI=1S/C10H19NO2/c1-4-11-6-9(7-13-11)5-10(12)8(2)3/h8-9H,4-7H2,1-3H3/t9-/m0/s1. The van der Waals surface area contributed by atoms with Crippen LogP contribution in [0.15, 0.2) is 0 Å². The van der Waals surface area contributed by atoms with Crippen molar-refractivity contribution in [3.63, 3.8) is 0 Å². The fraction of sp³-hybridized carbons (Fsp3) is 0.900. The van der Waals surface area contributed by atoms with E-state index in [1.807, 2.05) is 18.9 Å². The van der Waals surface area contributed by atoms with Crippen molar-refractivity contribution in [1.82, 2.24) is 5.06 Å². The first-order valence-electron chi connectivity index (χ1n) is 5.04. The molecule has 0 aromatic heterocycles. The molecule has 0 unspecified atom stereocenters. The van der Waals surface area contributed by atoms with Crippen LogP contribution in [0.4, 0.5) is 0 Å². The van der Waals surface area contributed by atoms with E-state index >= 15 is 0 Å². The molecule has 0 N–H and O–H groups in total. The Kier molecular flexibility index (Phi) is 3.88. The second kappa shape index (κ2) is 4.72. The van der Waals surface area contributed by atoms with Gasteiger partial charge in [0.1, 0.15) is 5.78 Å². The van der Waals surface area contributed by atoms with Gasteiger partial charge in [0.25, 0.3) is 0 Å². The molecule has 0 aromatic rings. The largest absolute Gasteiger partial charge is 0.299 e. The summed E-state index contributed by atoms with van der Waals surface area (Å²) in [4.78, 5) is 16.8. The van der Waals surface area contributed by atoms with Crippen molar-refractivity contribution in [1.29, 1.82) is 0 Å². The molecular formula is C10H19NO2. The minimum absolute atomic E-state index is 0.163. The maximum Gasteiger partial charge on any atom is 0.135 e. The maximum absolute atomic E-state index is 11.4. The number of hydroxylamine groups is 2. The van der Waals surface area contributed by atoms with Crippen LogP contribution in [0.25, 0.3) is 0 Å². The SMILES string of the molecule is CCN1C[C@H](CC(=O)C(C)C)CO1. The monoisotopic (exact) mass is 185 g/mol. The topological polar surface area (TPSA) is 29.5 Å². The first-order chi connectivity index (χ1) is 6.13. The third-order valence-corrected chi connectivity index (χ3v) is 2.44. The minimum atomic E-state index is 0.163. The molecule has 76 valence electrons. The molecule has 0 amide bonds. The van der Waals surface area contributed by atoms with Crippen LogP contribution < -0.4 is 0 Å². The van der Waals surface area contributed by atoms with Crippen LogP contribution in [0.3, 0.4) is 0 Å². The summed E-state index contributed by atoms with van der Waals surface area (Å²) in [5.74, 6) is 0.928. The van der Waals surface area contributed by atoms with Gasteiger partial charge in [0.05, 0.1) is 6.61 Å². The molecule has 0 bridgehead atoms. The van der Waals surface area contributed by atoms with Crippen molar-refractivity contribution in [2.45, 2.75) is 27.2 Å². The third kappa shape index (κ3) is 3.08. The van der Waals surface area contributed by atoms with Gasteiger partial charge >= 0.3 is 0 Å². The summed E-state index contributed by atoms with van der Waals surface area (Å²) in [6, 6.07) is 0. The Balaban J connectivity index is 2.28. The van der Waals surface area contributed by atoms with E-state index in [2.05, 4.69) is 6.92 Å². The number of nitrogens with zero attached hydrogens (tertiary/aromatic N) is 1. The van der Waals surface area contributed by atoms with Crippen LogP contribution in [-0.4, -0.2) is 30.5 Å². The van der Waals surface area contributed by atoms with E-state index in [0.29, 0.717) is 24.7 Å². The lowest BCUT2D eigenvalue weighted by Crippen LogP contribution is -2.20. The molecule has 0 aromatic carbocycles. The van der Waals surface area contributed by atoms with Gasteiger partial charge < -0.3 is 0 Å². The zero-order valence-electron chi connectivity index (χ0n) is 8.75. The summed E-state index contributed by atoms with van der Waals surface area (Å²) in [5, 5.41) is 1.93. The Hall–Kier alpha value is -0.410. The van der Waals surface area contributed by atoms with Crippen LogP contribution in [0.2, 0.25) is 0 Å². The van der Waals surface area contributed by atoms with Crippen molar-refractivity contribution >= 4 is 5.78 Å². The van der Waals surface area contributed by atoms with Crippen molar-refractivity contribution in [3.8, 4) is 0 Å². The van der Waals surface area contributed by atoms with E-state index < -0.39 is 0 Å². The normalized spacial score (nSPS) is 24.2. The molecule has 1 atom stereocenters. The van der Waals surface area contributed by atoms with Gasteiger partial charge in [0, 0.05) is 31.3 Å². The number of carbonyl (C=O) groups is 1. The minimum Gasteiger partial charge on any atom is -0.299 e. The molecule has 0 aliphatic carbocycles. The van der Waals surface area contributed by atoms with E-state index in [1.165, 1.54) is 0 Å². The highest BCUT2D eigenvalue weighted by Gasteiger charge is 2.25. The van der Waals surface area contributed by atoms with Gasteiger partial charge in [0.2, 0.25) is 0 Å². The molecule has 1 aliphatic rings. The highest BCUT2D eigenvalue weighted by atomic mass is 16.7. The van der Waals surface area contributed by atoms with Gasteiger partial charge in [-0.05, 0) is 0 Å². The Morgan fingerprint density at radius 3 is 2.77 bits per heavy atom. The predicted octanol–water partition coefficient (Wildman–Crippen LogP) is 1.48. The first kappa shape index (κ1) is 10.7. The van der Waals surface area contributed by atoms with E-state index in [9.17, 15) is 4.79 Å². The molecule has 3 heteroatoms. The number of hydrogen-bond acceptors (Lipinski definition) is 3. The summed E-state index contributed by atoms with van der Waals surface area (Å²) >= 11 is 0. The Labute approximate surface area is 80.0 Å². The van der Waals surface area contributed by atoms with Gasteiger partial charge in [-0.15, -0.1) is 0 Å². The highest BCUT2D eigenvalue weighted by Crippen LogP contribution is 2.17. The van der Waals surface area contributed by atoms with Gasteiger partial charge in [-0.1, -0.05) is 20.8 Å². The van der Waals surface area contributed by atoms with Gasteiger partial charge in [-0.2, -0.15) is 5.06 Å². The molecule has 0 radical (unpaired) electrons. The van der Waals surface area contributed by atoms with Gasteiger partial charge in [-0.25, -0.2) is 0 Å².